The van der Waals surface area contributed by atoms with Gasteiger partial charge in [0.05, 0.1) is 18.4 Å². The zero-order valence-electron chi connectivity index (χ0n) is 20.5. The number of hydrogen-bond acceptors (Lipinski definition) is 5. The van der Waals surface area contributed by atoms with Gasteiger partial charge in [-0.25, -0.2) is 4.68 Å². The van der Waals surface area contributed by atoms with E-state index >= 15 is 0 Å². The fraction of sp³-hybridized carbons (Fsp3) is 0.370. The molecular formula is C27H29FN4O4. The monoisotopic (exact) mass is 492 g/mol. The Morgan fingerprint density at radius 2 is 1.97 bits per heavy atom. The second kappa shape index (κ2) is 10.7. The van der Waals surface area contributed by atoms with Gasteiger partial charge in [0.2, 0.25) is 5.91 Å². The molecule has 8 nitrogen and oxygen atoms in total. The molecule has 1 saturated carbocycles. The molecule has 1 unspecified atom stereocenters. The fourth-order valence-electron chi connectivity index (χ4n) is 4.63. The summed E-state index contributed by atoms with van der Waals surface area (Å²) in [5.41, 5.74) is 6.02. The van der Waals surface area contributed by atoms with E-state index < -0.39 is 17.8 Å². The van der Waals surface area contributed by atoms with Crippen LogP contribution < -0.4 is 10.1 Å². The topological polar surface area (TPSA) is 96.7 Å². The number of ether oxygens (including phenoxy) is 1. The number of methoxy groups -OCH3 is 1. The number of nitrogens with zero attached hydrogens (tertiary/aromatic N) is 3. The minimum absolute atomic E-state index is 0.0281. The fourth-order valence-corrected chi connectivity index (χ4v) is 4.63. The molecule has 1 fully saturated rings. The number of allylic oxidation sites excluding steroid dienone is 4. The van der Waals surface area contributed by atoms with Gasteiger partial charge in [-0.3, -0.25) is 9.59 Å². The first-order chi connectivity index (χ1) is 17.3. The van der Waals surface area contributed by atoms with Crippen molar-refractivity contribution in [3.8, 4) is 22.8 Å². The number of aromatic hydroxyl groups is 1. The van der Waals surface area contributed by atoms with E-state index in [0.717, 1.165) is 32.1 Å². The number of phenols is 1. The maximum absolute atomic E-state index is 13.5. The van der Waals surface area contributed by atoms with Crippen LogP contribution in [0.4, 0.5) is 4.39 Å². The number of phenolic OH excluding ortho intramolecular Hbond substituents is 1. The molecule has 0 radical (unpaired) electrons. The summed E-state index contributed by atoms with van der Waals surface area (Å²) in [6.45, 7) is 0. The van der Waals surface area contributed by atoms with Crippen molar-refractivity contribution in [2.45, 2.75) is 38.1 Å². The molecule has 1 aromatic heterocycles. The van der Waals surface area contributed by atoms with E-state index in [0.29, 0.717) is 22.7 Å². The number of nitrogens with one attached hydrogen (secondary N) is 1. The highest BCUT2D eigenvalue weighted by molar-refractivity contribution is 5.97. The summed E-state index contributed by atoms with van der Waals surface area (Å²) >= 11 is 0. The number of hydrogen-bond donors (Lipinski definition) is 2. The minimum Gasteiger partial charge on any atom is -0.507 e. The van der Waals surface area contributed by atoms with Crippen LogP contribution in [0.2, 0.25) is 0 Å². The third-order valence-corrected chi connectivity index (χ3v) is 6.46. The number of carbonyl (C=O) groups excluding carboxylic acids is 2. The number of aromatic nitrogens is 2. The Hall–Kier alpha value is -4.06. The van der Waals surface area contributed by atoms with Crippen LogP contribution in [0.3, 0.4) is 0 Å². The molecule has 2 N–H and O–H groups in total. The Kier molecular flexibility index (Phi) is 7.44. The normalized spacial score (nSPS) is 16.2. The molecule has 9 heteroatoms. The summed E-state index contributed by atoms with van der Waals surface area (Å²) in [6, 6.07) is 5.62. The molecule has 36 heavy (non-hydrogen) atoms. The van der Waals surface area contributed by atoms with E-state index in [1.165, 1.54) is 41.0 Å². The van der Waals surface area contributed by atoms with Gasteiger partial charge in [-0.2, -0.15) is 9.49 Å². The van der Waals surface area contributed by atoms with Gasteiger partial charge in [0.1, 0.15) is 23.2 Å². The van der Waals surface area contributed by atoms with Crippen molar-refractivity contribution < 1.29 is 23.8 Å². The number of carbonyl (C=O) groups is 2. The van der Waals surface area contributed by atoms with Gasteiger partial charge in [-0.1, -0.05) is 25.3 Å². The van der Waals surface area contributed by atoms with Gasteiger partial charge < -0.3 is 20.1 Å². The van der Waals surface area contributed by atoms with Gasteiger partial charge in [-0.05, 0) is 60.6 Å². The van der Waals surface area contributed by atoms with Crippen molar-refractivity contribution in [1.82, 2.24) is 20.0 Å². The van der Waals surface area contributed by atoms with Crippen LogP contribution in [0.5, 0.6) is 11.5 Å². The number of likely N-dealkylation sites (N-methyl/N-ethyl adjacent to an activating group) is 1. The van der Waals surface area contributed by atoms with Crippen LogP contribution in [0.15, 0.2) is 53.7 Å². The van der Waals surface area contributed by atoms with Crippen molar-refractivity contribution in [3.63, 3.8) is 0 Å². The standard InChI is InChI=1S/C27H29FN4O4/c1-31(2)27(35)25(17-8-5-4-6-9-17)29-26(34)20-16-21(24-22(33)10-7-11-23(24)36-3)32(30-20)19-14-12-18(28)13-15-19/h7,10-12,14,16-17,25,33H,4-6,8-9H2,1-3H3,(H,29,34). The first-order valence-electron chi connectivity index (χ1n) is 11.9. The molecule has 4 rings (SSSR count). The molecule has 0 bridgehead atoms. The Bertz CT molecular complexity index is 1310. The second-order valence-electron chi connectivity index (χ2n) is 9.08. The van der Waals surface area contributed by atoms with Crippen molar-refractivity contribution in [2.75, 3.05) is 21.2 Å². The molecule has 1 atom stereocenters. The van der Waals surface area contributed by atoms with Crippen LogP contribution >= 0.6 is 0 Å². The largest absolute Gasteiger partial charge is 0.507 e. The summed E-state index contributed by atoms with van der Waals surface area (Å²) in [4.78, 5) is 27.9. The number of benzene rings is 1. The van der Waals surface area contributed by atoms with Crippen molar-refractivity contribution >= 4 is 17.5 Å². The lowest BCUT2D eigenvalue weighted by Gasteiger charge is -2.31. The highest BCUT2D eigenvalue weighted by Gasteiger charge is 2.33. The summed E-state index contributed by atoms with van der Waals surface area (Å²) in [5.74, 6) is -0.978. The summed E-state index contributed by atoms with van der Waals surface area (Å²) < 4.78 is 20.3. The third kappa shape index (κ3) is 5.13. The van der Waals surface area contributed by atoms with E-state index in [-0.39, 0.29) is 23.3 Å². The lowest BCUT2D eigenvalue weighted by molar-refractivity contribution is -0.132. The molecule has 2 aliphatic carbocycles. The molecule has 1 heterocycles. The Morgan fingerprint density at radius 3 is 2.61 bits per heavy atom. The number of halogens is 1. The highest BCUT2D eigenvalue weighted by Crippen LogP contribution is 2.39. The van der Waals surface area contributed by atoms with E-state index in [1.807, 2.05) is 0 Å². The van der Waals surface area contributed by atoms with Crippen LogP contribution in [0, 0.1) is 5.92 Å². The lowest BCUT2D eigenvalue weighted by Crippen LogP contribution is -2.51. The average molecular weight is 493 g/mol. The van der Waals surface area contributed by atoms with Gasteiger partial charge in [0, 0.05) is 14.1 Å². The highest BCUT2D eigenvalue weighted by atomic mass is 19.1. The van der Waals surface area contributed by atoms with Crippen molar-refractivity contribution in [3.05, 3.63) is 59.4 Å². The van der Waals surface area contributed by atoms with Crippen molar-refractivity contribution in [1.29, 1.82) is 0 Å². The predicted molar refractivity (Wildman–Crippen MR) is 133 cm³/mol. The third-order valence-electron chi connectivity index (χ3n) is 6.46. The molecule has 2 aromatic rings. The van der Waals surface area contributed by atoms with Crippen molar-refractivity contribution in [2.24, 2.45) is 5.92 Å². The second-order valence-corrected chi connectivity index (χ2v) is 9.08. The van der Waals surface area contributed by atoms with E-state index in [4.69, 9.17) is 4.74 Å². The molecule has 2 amide bonds. The minimum atomic E-state index is -0.674. The van der Waals surface area contributed by atoms with Gasteiger partial charge >= 0.3 is 0 Å². The lowest BCUT2D eigenvalue weighted by atomic mass is 9.83. The van der Waals surface area contributed by atoms with Crippen LogP contribution in [-0.2, 0) is 4.79 Å². The first-order valence-corrected chi connectivity index (χ1v) is 11.9. The predicted octanol–water partition coefficient (Wildman–Crippen LogP) is 4.05. The summed E-state index contributed by atoms with van der Waals surface area (Å²) in [5, 5.41) is 18.0. The molecule has 0 spiro atoms. The molecule has 0 saturated heterocycles. The molecule has 0 aliphatic heterocycles. The zero-order chi connectivity index (χ0) is 25.8. The molecular weight excluding hydrogens is 463 g/mol. The SMILES string of the molecule is COc1cccc(O)c1-c1cc(C(=O)NC(C(=O)N(C)C)C2CCCCC2)nn1C1=C=C=C(F)C=C1. The Morgan fingerprint density at radius 1 is 1.22 bits per heavy atom. The molecule has 1 aromatic carbocycles. The number of amides is 2. The first kappa shape index (κ1) is 25.0. The van der Waals surface area contributed by atoms with Crippen LogP contribution in [0.25, 0.3) is 17.0 Å². The smallest absolute Gasteiger partial charge is 0.272 e. The quantitative estimate of drug-likeness (QED) is 0.569. The van der Waals surface area contributed by atoms with E-state index in [1.54, 1.807) is 26.2 Å². The van der Waals surface area contributed by atoms with Crippen LogP contribution in [-0.4, -0.2) is 58.8 Å². The van der Waals surface area contributed by atoms with E-state index in [2.05, 4.69) is 21.9 Å². The maximum atomic E-state index is 13.5. The van der Waals surface area contributed by atoms with Gasteiger partial charge in [0.25, 0.3) is 5.91 Å². The zero-order valence-corrected chi connectivity index (χ0v) is 20.5. The molecule has 188 valence electrons. The Labute approximate surface area is 209 Å². The summed E-state index contributed by atoms with van der Waals surface area (Å²) in [6.07, 6.45) is 7.51. The molecule has 2 aliphatic rings. The van der Waals surface area contributed by atoms with Crippen LogP contribution in [0.1, 0.15) is 42.6 Å². The maximum Gasteiger partial charge on any atom is 0.272 e. The van der Waals surface area contributed by atoms with E-state index in [9.17, 15) is 19.1 Å². The average Bonchev–Trinajstić information content (AvgIpc) is 3.32. The number of rotatable bonds is 7. The summed E-state index contributed by atoms with van der Waals surface area (Å²) in [7, 11) is 4.80. The Balaban J connectivity index is 1.77. The van der Waals surface area contributed by atoms with Gasteiger partial charge in [-0.15, -0.1) is 0 Å². The van der Waals surface area contributed by atoms with Gasteiger partial charge in [0.15, 0.2) is 11.5 Å².